The van der Waals surface area contributed by atoms with Gasteiger partial charge in [0.15, 0.2) is 0 Å². The fourth-order valence-electron chi connectivity index (χ4n) is 1.23. The first-order valence-corrected chi connectivity index (χ1v) is 5.37. The average Bonchev–Trinajstić information content (AvgIpc) is 2.25. The van der Waals surface area contributed by atoms with Crippen LogP contribution in [0.25, 0.3) is 0 Å². The Morgan fingerprint density at radius 1 is 1.62 bits per heavy atom. The fraction of sp³-hybridized carbons (Fsp3) is 0.333. The van der Waals surface area contributed by atoms with Gasteiger partial charge in [-0.05, 0) is 24.6 Å². The molecule has 0 saturated heterocycles. The molecule has 1 amide bonds. The van der Waals surface area contributed by atoms with Gasteiger partial charge in [0.05, 0.1) is 6.07 Å². The Labute approximate surface area is 100 Å². The number of carbonyl (C=O) groups is 1. The van der Waals surface area contributed by atoms with Crippen LogP contribution in [0.1, 0.15) is 18.9 Å². The topological polar surface area (TPSA) is 52.9 Å². The quantitative estimate of drug-likeness (QED) is 0.877. The van der Waals surface area contributed by atoms with Gasteiger partial charge >= 0.3 is 0 Å². The van der Waals surface area contributed by atoms with E-state index in [9.17, 15) is 4.79 Å². The van der Waals surface area contributed by atoms with Gasteiger partial charge in [-0.25, -0.2) is 0 Å². The van der Waals surface area contributed by atoms with E-state index in [0.717, 1.165) is 5.56 Å². The maximum atomic E-state index is 11.7. The molecular formula is C12H13ClN2O. The molecule has 0 aromatic heterocycles. The number of nitriles is 1. The minimum absolute atomic E-state index is 0.160. The van der Waals surface area contributed by atoms with Crippen molar-refractivity contribution in [1.29, 1.82) is 5.26 Å². The summed E-state index contributed by atoms with van der Waals surface area (Å²) in [7, 11) is 0. The van der Waals surface area contributed by atoms with E-state index in [1.54, 1.807) is 25.1 Å². The summed E-state index contributed by atoms with van der Waals surface area (Å²) in [5.74, 6) is -0.477. The number of nitrogens with one attached hydrogen (secondary N) is 1. The predicted molar refractivity (Wildman–Crippen MR) is 64.2 cm³/mol. The highest BCUT2D eigenvalue weighted by atomic mass is 35.5. The van der Waals surface area contributed by atoms with Gasteiger partial charge in [-0.15, -0.1) is 0 Å². The maximum Gasteiger partial charge on any atom is 0.228 e. The highest BCUT2D eigenvalue weighted by Gasteiger charge is 2.13. The Bertz CT molecular complexity index is 437. The average molecular weight is 237 g/mol. The van der Waals surface area contributed by atoms with Crippen LogP contribution < -0.4 is 5.32 Å². The van der Waals surface area contributed by atoms with Gasteiger partial charge in [-0.2, -0.15) is 5.26 Å². The molecule has 1 aromatic carbocycles. The van der Waals surface area contributed by atoms with Crippen molar-refractivity contribution in [3.05, 3.63) is 28.8 Å². The van der Waals surface area contributed by atoms with E-state index in [1.165, 1.54) is 0 Å². The van der Waals surface area contributed by atoms with Crippen molar-refractivity contribution in [2.24, 2.45) is 5.92 Å². The molecule has 0 heterocycles. The van der Waals surface area contributed by atoms with E-state index >= 15 is 0 Å². The Balaban J connectivity index is 2.78. The summed E-state index contributed by atoms with van der Waals surface area (Å²) in [5.41, 5.74) is 1.53. The van der Waals surface area contributed by atoms with Crippen molar-refractivity contribution in [2.75, 3.05) is 5.32 Å². The van der Waals surface area contributed by atoms with Crippen molar-refractivity contribution in [1.82, 2.24) is 0 Å². The van der Waals surface area contributed by atoms with E-state index in [2.05, 4.69) is 5.32 Å². The number of anilines is 1. The van der Waals surface area contributed by atoms with E-state index in [-0.39, 0.29) is 18.2 Å². The second kappa shape index (κ2) is 5.53. The predicted octanol–water partition coefficient (Wildman–Crippen LogP) is 3.14. The van der Waals surface area contributed by atoms with Gasteiger partial charge in [-0.1, -0.05) is 24.6 Å². The molecule has 1 atom stereocenters. The van der Waals surface area contributed by atoms with Crippen molar-refractivity contribution in [3.63, 3.8) is 0 Å². The van der Waals surface area contributed by atoms with Crippen LogP contribution in [0.4, 0.5) is 5.69 Å². The van der Waals surface area contributed by atoms with Gasteiger partial charge < -0.3 is 5.32 Å². The van der Waals surface area contributed by atoms with Crippen LogP contribution in [0.2, 0.25) is 5.02 Å². The standard InChI is InChI=1S/C12H13ClN2O/c1-8(6-7-14)12(16)15-11-5-3-4-10(13)9(11)2/h3-5,8H,6H2,1-2H3,(H,15,16). The molecular weight excluding hydrogens is 224 g/mol. The number of rotatable bonds is 3. The summed E-state index contributed by atoms with van der Waals surface area (Å²) < 4.78 is 0. The highest BCUT2D eigenvalue weighted by Crippen LogP contribution is 2.23. The van der Waals surface area contributed by atoms with Gasteiger partial charge in [0.1, 0.15) is 0 Å². The Kier molecular flexibility index (Phi) is 4.33. The first-order chi connectivity index (χ1) is 7.56. The summed E-state index contributed by atoms with van der Waals surface area (Å²) in [6, 6.07) is 7.31. The van der Waals surface area contributed by atoms with Gasteiger partial charge in [0.2, 0.25) is 5.91 Å². The summed E-state index contributed by atoms with van der Waals surface area (Å²) in [5, 5.41) is 11.9. The molecule has 0 aliphatic rings. The van der Waals surface area contributed by atoms with Crippen LogP contribution in [0.15, 0.2) is 18.2 Å². The summed E-state index contributed by atoms with van der Waals surface area (Å²) >= 11 is 5.93. The first kappa shape index (κ1) is 12.5. The number of carbonyl (C=O) groups excluding carboxylic acids is 1. The molecule has 0 aliphatic heterocycles. The third-order valence-electron chi connectivity index (χ3n) is 2.37. The van der Waals surface area contributed by atoms with Gasteiger partial charge in [0.25, 0.3) is 0 Å². The van der Waals surface area contributed by atoms with E-state index < -0.39 is 0 Å². The lowest BCUT2D eigenvalue weighted by Gasteiger charge is -2.12. The third kappa shape index (κ3) is 2.98. The maximum absolute atomic E-state index is 11.7. The second-order valence-electron chi connectivity index (χ2n) is 3.66. The molecule has 0 bridgehead atoms. The molecule has 1 aromatic rings. The SMILES string of the molecule is Cc1c(Cl)cccc1NC(=O)C(C)CC#N. The number of amides is 1. The molecule has 0 spiro atoms. The Morgan fingerprint density at radius 3 is 2.94 bits per heavy atom. The zero-order valence-corrected chi connectivity index (χ0v) is 10.0. The molecule has 16 heavy (non-hydrogen) atoms. The van der Waals surface area contributed by atoms with Crippen LogP contribution in [0, 0.1) is 24.2 Å². The number of hydrogen-bond donors (Lipinski definition) is 1. The van der Waals surface area contributed by atoms with E-state index in [1.807, 2.05) is 13.0 Å². The van der Waals surface area contributed by atoms with Crippen molar-refractivity contribution < 1.29 is 4.79 Å². The molecule has 0 saturated carbocycles. The molecule has 4 heteroatoms. The van der Waals surface area contributed by atoms with Crippen LogP contribution in [-0.2, 0) is 4.79 Å². The summed E-state index contributed by atoms with van der Waals surface area (Å²) in [6.07, 6.45) is 0.214. The molecule has 3 nitrogen and oxygen atoms in total. The lowest BCUT2D eigenvalue weighted by Crippen LogP contribution is -2.20. The third-order valence-corrected chi connectivity index (χ3v) is 2.78. The van der Waals surface area contributed by atoms with E-state index in [0.29, 0.717) is 10.7 Å². The zero-order valence-electron chi connectivity index (χ0n) is 9.25. The molecule has 84 valence electrons. The van der Waals surface area contributed by atoms with Gasteiger partial charge in [0, 0.05) is 23.0 Å². The molecule has 0 radical (unpaired) electrons. The van der Waals surface area contributed by atoms with E-state index in [4.69, 9.17) is 16.9 Å². The number of hydrogen-bond acceptors (Lipinski definition) is 2. The summed E-state index contributed by atoms with van der Waals surface area (Å²) in [4.78, 5) is 11.7. The molecule has 1 N–H and O–H groups in total. The molecule has 1 rings (SSSR count). The smallest absolute Gasteiger partial charge is 0.228 e. The Hall–Kier alpha value is -1.53. The first-order valence-electron chi connectivity index (χ1n) is 4.99. The van der Waals surface area contributed by atoms with Crippen LogP contribution in [0.5, 0.6) is 0 Å². The minimum Gasteiger partial charge on any atom is -0.326 e. The van der Waals surface area contributed by atoms with Crippen molar-refractivity contribution in [3.8, 4) is 6.07 Å². The monoisotopic (exact) mass is 236 g/mol. The van der Waals surface area contributed by atoms with Crippen LogP contribution in [0.3, 0.4) is 0 Å². The fourth-order valence-corrected chi connectivity index (χ4v) is 1.40. The van der Waals surface area contributed by atoms with Gasteiger partial charge in [-0.3, -0.25) is 4.79 Å². The summed E-state index contributed by atoms with van der Waals surface area (Å²) in [6.45, 7) is 3.56. The number of benzene rings is 1. The molecule has 0 fully saturated rings. The van der Waals surface area contributed by atoms with Crippen LogP contribution in [-0.4, -0.2) is 5.91 Å². The molecule has 1 unspecified atom stereocenters. The minimum atomic E-state index is -0.316. The number of nitrogens with zero attached hydrogens (tertiary/aromatic N) is 1. The highest BCUT2D eigenvalue weighted by molar-refractivity contribution is 6.31. The normalized spacial score (nSPS) is 11.6. The lowest BCUT2D eigenvalue weighted by molar-refractivity contribution is -0.119. The zero-order chi connectivity index (χ0) is 12.1. The Morgan fingerprint density at radius 2 is 2.31 bits per heavy atom. The van der Waals surface area contributed by atoms with Crippen LogP contribution >= 0.6 is 11.6 Å². The molecule has 0 aliphatic carbocycles. The number of halogens is 1. The largest absolute Gasteiger partial charge is 0.326 e. The van der Waals surface area contributed by atoms with Crippen molar-refractivity contribution >= 4 is 23.2 Å². The lowest BCUT2D eigenvalue weighted by atomic mass is 10.1. The second-order valence-corrected chi connectivity index (χ2v) is 4.07. The van der Waals surface area contributed by atoms with Crippen molar-refractivity contribution in [2.45, 2.75) is 20.3 Å².